The first-order valence-electron chi connectivity index (χ1n) is 11.0. The van der Waals surface area contributed by atoms with Crippen molar-refractivity contribution in [3.63, 3.8) is 0 Å². The van der Waals surface area contributed by atoms with E-state index < -0.39 is 11.9 Å². The molecule has 8 heteroatoms. The van der Waals surface area contributed by atoms with E-state index in [0.29, 0.717) is 50.5 Å². The van der Waals surface area contributed by atoms with Crippen LogP contribution in [0.1, 0.15) is 57.3 Å². The molecular weight excluding hydrogens is 437 g/mol. The van der Waals surface area contributed by atoms with Crippen LogP contribution in [-0.4, -0.2) is 59.7 Å². The van der Waals surface area contributed by atoms with E-state index in [4.69, 9.17) is 23.2 Å². The zero-order chi connectivity index (χ0) is 23.1. The number of piperidine rings is 1. The number of nitrogens with zero attached hydrogens (tertiary/aromatic N) is 2. The second kappa shape index (κ2) is 11.7. The predicted molar refractivity (Wildman–Crippen MR) is 124 cm³/mol. The number of likely N-dealkylation sites (tertiary alicyclic amines) is 1. The third-order valence-electron chi connectivity index (χ3n) is 5.72. The zero-order valence-corrected chi connectivity index (χ0v) is 20.3. The molecule has 1 heterocycles. The normalized spacial score (nSPS) is 15.6. The van der Waals surface area contributed by atoms with Gasteiger partial charge < -0.3 is 15.1 Å². The maximum Gasteiger partial charge on any atom is 0.253 e. The van der Waals surface area contributed by atoms with Crippen LogP contribution < -0.4 is 5.32 Å². The van der Waals surface area contributed by atoms with Gasteiger partial charge in [-0.3, -0.25) is 14.4 Å². The smallest absolute Gasteiger partial charge is 0.253 e. The number of benzene rings is 1. The first-order valence-corrected chi connectivity index (χ1v) is 11.8. The molecule has 3 amide bonds. The van der Waals surface area contributed by atoms with E-state index in [-0.39, 0.29) is 34.2 Å². The molecule has 1 fully saturated rings. The van der Waals surface area contributed by atoms with Gasteiger partial charge in [-0.25, -0.2) is 0 Å². The van der Waals surface area contributed by atoms with Crippen LogP contribution in [0.2, 0.25) is 10.0 Å². The summed E-state index contributed by atoms with van der Waals surface area (Å²) in [6, 6.07) is 4.02. The fraction of sp³-hybridized carbons (Fsp3) is 0.609. The molecule has 1 saturated heterocycles. The van der Waals surface area contributed by atoms with E-state index in [1.807, 2.05) is 32.6 Å². The Labute approximate surface area is 195 Å². The average molecular weight is 470 g/mol. The summed E-state index contributed by atoms with van der Waals surface area (Å²) in [4.78, 5) is 42.2. The lowest BCUT2D eigenvalue weighted by molar-refractivity contribution is -0.141. The molecule has 6 nitrogen and oxygen atoms in total. The highest BCUT2D eigenvalue weighted by Gasteiger charge is 2.33. The van der Waals surface area contributed by atoms with Crippen LogP contribution in [0.4, 0.5) is 0 Å². The Hall–Kier alpha value is -1.79. The summed E-state index contributed by atoms with van der Waals surface area (Å²) < 4.78 is 0. The van der Waals surface area contributed by atoms with Gasteiger partial charge >= 0.3 is 0 Å². The summed E-state index contributed by atoms with van der Waals surface area (Å²) in [6.45, 7) is 10.4. The Balaban J connectivity index is 2.05. The first-order chi connectivity index (χ1) is 14.7. The molecular formula is C23H33Cl2N3O3. The molecule has 172 valence electrons. The van der Waals surface area contributed by atoms with Crippen LogP contribution in [0.25, 0.3) is 0 Å². The SMILES string of the molecule is CCN(CC)C(=O)C1CCN(C(=O)C(CC(C)C)NC(=O)c2ccc(Cl)cc2Cl)CC1. The number of halogens is 2. The average Bonchev–Trinajstić information content (AvgIpc) is 2.73. The van der Waals surface area contributed by atoms with Gasteiger partial charge in [-0.2, -0.15) is 0 Å². The molecule has 0 aromatic heterocycles. The van der Waals surface area contributed by atoms with Gasteiger partial charge in [0.2, 0.25) is 11.8 Å². The molecule has 1 atom stereocenters. The molecule has 0 aliphatic carbocycles. The van der Waals surface area contributed by atoms with Crippen LogP contribution in [0.15, 0.2) is 18.2 Å². The molecule has 1 aromatic rings. The molecule has 1 unspecified atom stereocenters. The Kier molecular flexibility index (Phi) is 9.63. The van der Waals surface area contributed by atoms with Gasteiger partial charge in [0.1, 0.15) is 6.04 Å². The first kappa shape index (κ1) is 25.5. The van der Waals surface area contributed by atoms with Gasteiger partial charge in [0.05, 0.1) is 10.6 Å². The van der Waals surface area contributed by atoms with Gasteiger partial charge in [0.25, 0.3) is 5.91 Å². The minimum Gasteiger partial charge on any atom is -0.343 e. The molecule has 0 saturated carbocycles. The van der Waals surface area contributed by atoms with Gasteiger partial charge in [0.15, 0.2) is 0 Å². The lowest BCUT2D eigenvalue weighted by atomic mass is 9.94. The van der Waals surface area contributed by atoms with Gasteiger partial charge in [0, 0.05) is 37.1 Å². The molecule has 1 aromatic carbocycles. The highest BCUT2D eigenvalue weighted by molar-refractivity contribution is 6.36. The number of carbonyl (C=O) groups excluding carboxylic acids is 3. The molecule has 0 radical (unpaired) electrons. The third kappa shape index (κ3) is 6.84. The van der Waals surface area contributed by atoms with Gasteiger partial charge in [-0.1, -0.05) is 37.0 Å². The summed E-state index contributed by atoms with van der Waals surface area (Å²) in [7, 11) is 0. The lowest BCUT2D eigenvalue weighted by Crippen LogP contribution is -2.52. The number of hydrogen-bond donors (Lipinski definition) is 1. The Bertz CT molecular complexity index is 788. The Morgan fingerprint density at radius 1 is 1.13 bits per heavy atom. The quantitative estimate of drug-likeness (QED) is 0.618. The van der Waals surface area contributed by atoms with Crippen molar-refractivity contribution in [3.05, 3.63) is 33.8 Å². The maximum atomic E-state index is 13.2. The van der Waals surface area contributed by atoms with E-state index in [1.165, 1.54) is 6.07 Å². The van der Waals surface area contributed by atoms with E-state index in [1.54, 1.807) is 17.0 Å². The Morgan fingerprint density at radius 3 is 2.26 bits per heavy atom. The number of hydrogen-bond acceptors (Lipinski definition) is 3. The van der Waals surface area contributed by atoms with E-state index in [9.17, 15) is 14.4 Å². The van der Waals surface area contributed by atoms with Crippen molar-refractivity contribution in [3.8, 4) is 0 Å². The van der Waals surface area contributed by atoms with Crippen LogP contribution in [0.3, 0.4) is 0 Å². The fourth-order valence-electron chi connectivity index (χ4n) is 3.96. The van der Waals surface area contributed by atoms with Crippen molar-refractivity contribution in [1.82, 2.24) is 15.1 Å². The van der Waals surface area contributed by atoms with Crippen molar-refractivity contribution in [1.29, 1.82) is 0 Å². The largest absolute Gasteiger partial charge is 0.343 e. The predicted octanol–water partition coefficient (Wildman–Crippen LogP) is 4.24. The van der Waals surface area contributed by atoms with Crippen molar-refractivity contribution < 1.29 is 14.4 Å². The van der Waals surface area contributed by atoms with Crippen molar-refractivity contribution in [2.24, 2.45) is 11.8 Å². The zero-order valence-electron chi connectivity index (χ0n) is 18.8. The highest BCUT2D eigenvalue weighted by atomic mass is 35.5. The van der Waals surface area contributed by atoms with Crippen molar-refractivity contribution >= 4 is 40.9 Å². The van der Waals surface area contributed by atoms with Crippen LogP contribution in [0, 0.1) is 11.8 Å². The summed E-state index contributed by atoms with van der Waals surface area (Å²) in [6.07, 6.45) is 1.81. The number of nitrogens with one attached hydrogen (secondary N) is 1. The van der Waals surface area contributed by atoms with E-state index >= 15 is 0 Å². The fourth-order valence-corrected chi connectivity index (χ4v) is 4.46. The third-order valence-corrected chi connectivity index (χ3v) is 6.27. The summed E-state index contributed by atoms with van der Waals surface area (Å²) in [5, 5.41) is 3.55. The highest BCUT2D eigenvalue weighted by Crippen LogP contribution is 2.23. The van der Waals surface area contributed by atoms with Gasteiger partial charge in [-0.15, -0.1) is 0 Å². The van der Waals surface area contributed by atoms with Crippen LogP contribution in [-0.2, 0) is 9.59 Å². The Morgan fingerprint density at radius 2 is 1.74 bits per heavy atom. The summed E-state index contributed by atoms with van der Waals surface area (Å²) in [5.74, 6) is -0.165. The van der Waals surface area contributed by atoms with E-state index in [2.05, 4.69) is 5.32 Å². The lowest BCUT2D eigenvalue weighted by Gasteiger charge is -2.36. The molecule has 1 N–H and O–H groups in total. The molecule has 1 aliphatic heterocycles. The van der Waals surface area contributed by atoms with Crippen LogP contribution in [0.5, 0.6) is 0 Å². The van der Waals surface area contributed by atoms with Gasteiger partial charge in [-0.05, 0) is 57.2 Å². The molecule has 1 aliphatic rings. The maximum absolute atomic E-state index is 13.2. The molecule has 31 heavy (non-hydrogen) atoms. The number of carbonyl (C=O) groups is 3. The minimum absolute atomic E-state index is 0.0463. The topological polar surface area (TPSA) is 69.7 Å². The summed E-state index contributed by atoms with van der Waals surface area (Å²) in [5.41, 5.74) is 0.288. The minimum atomic E-state index is -0.644. The number of amides is 3. The number of rotatable bonds is 8. The standard InChI is InChI=1S/C23H33Cl2N3O3/c1-5-27(6-2)22(30)16-9-11-28(12-10-16)23(31)20(13-15(3)4)26-21(29)18-8-7-17(24)14-19(18)25/h7-8,14-16,20H,5-6,9-13H2,1-4H3,(H,26,29). The summed E-state index contributed by atoms with van der Waals surface area (Å²) >= 11 is 12.1. The second-order valence-electron chi connectivity index (χ2n) is 8.39. The van der Waals surface area contributed by atoms with Crippen molar-refractivity contribution in [2.75, 3.05) is 26.2 Å². The molecule has 0 bridgehead atoms. The molecule has 2 rings (SSSR count). The monoisotopic (exact) mass is 469 g/mol. The molecule has 0 spiro atoms. The van der Waals surface area contributed by atoms with Crippen LogP contribution >= 0.6 is 23.2 Å². The van der Waals surface area contributed by atoms with E-state index in [0.717, 1.165) is 0 Å². The second-order valence-corrected chi connectivity index (χ2v) is 9.23. The van der Waals surface area contributed by atoms with Crippen molar-refractivity contribution in [2.45, 2.75) is 53.0 Å².